The molecule has 0 atom stereocenters. The molecular formula is C21H20N2O2. The smallest absolute Gasteiger partial charge is 0.258 e. The van der Waals surface area contributed by atoms with Crippen molar-refractivity contribution in [2.24, 2.45) is 0 Å². The van der Waals surface area contributed by atoms with Crippen LogP contribution in [-0.4, -0.2) is 17.5 Å². The molecule has 0 unspecified atom stereocenters. The monoisotopic (exact) mass is 332 g/mol. The number of benzene rings is 1. The molecule has 0 fully saturated rings. The average molecular weight is 332 g/mol. The Labute approximate surface area is 147 Å². The lowest BCUT2D eigenvalue weighted by Gasteiger charge is -2.08. The number of amides is 1. The highest BCUT2D eigenvalue weighted by Gasteiger charge is 2.29. The van der Waals surface area contributed by atoms with Crippen LogP contribution < -0.4 is 4.90 Å². The molecule has 0 spiro atoms. The molecule has 1 aliphatic rings. The van der Waals surface area contributed by atoms with Crippen molar-refractivity contribution >= 4 is 23.2 Å². The lowest BCUT2D eigenvalue weighted by molar-refractivity contribution is -0.112. The Bertz CT molecular complexity index is 978. The van der Waals surface area contributed by atoms with Gasteiger partial charge in [-0.05, 0) is 49.8 Å². The number of carbonyl (C=O) groups excluding carboxylic acids is 1. The lowest BCUT2D eigenvalue weighted by Crippen LogP contribution is -2.20. The summed E-state index contributed by atoms with van der Waals surface area (Å²) in [7, 11) is 1.82. The van der Waals surface area contributed by atoms with Crippen molar-refractivity contribution < 1.29 is 9.21 Å². The van der Waals surface area contributed by atoms with Gasteiger partial charge in [0.2, 0.25) is 0 Å². The molecule has 3 aromatic rings. The minimum Gasteiger partial charge on any atom is -0.467 e. The van der Waals surface area contributed by atoms with E-state index in [1.54, 1.807) is 11.2 Å². The van der Waals surface area contributed by atoms with Crippen molar-refractivity contribution in [1.82, 2.24) is 4.57 Å². The quantitative estimate of drug-likeness (QED) is 0.672. The number of nitrogens with zero attached hydrogens (tertiary/aromatic N) is 2. The molecular weight excluding hydrogens is 312 g/mol. The minimum atomic E-state index is 0.0389. The molecule has 0 saturated carbocycles. The standard InChI is InChI=1S/C21H20N2O2/c1-14-11-16(15(2)23(14)13-17-7-6-10-25-17)12-19-18-8-4-5-9-20(18)22(3)21(19)24/h4-12H,13H2,1-3H3/b19-12-. The van der Waals surface area contributed by atoms with E-state index in [2.05, 4.69) is 24.5 Å². The van der Waals surface area contributed by atoms with Gasteiger partial charge in [0.25, 0.3) is 5.91 Å². The molecule has 3 heterocycles. The number of para-hydroxylation sites is 1. The van der Waals surface area contributed by atoms with E-state index in [1.807, 2.05) is 49.5 Å². The van der Waals surface area contributed by atoms with E-state index in [0.717, 1.165) is 39.5 Å². The molecule has 0 aliphatic carbocycles. The van der Waals surface area contributed by atoms with Gasteiger partial charge in [-0.2, -0.15) is 0 Å². The van der Waals surface area contributed by atoms with Crippen molar-refractivity contribution in [3.05, 3.63) is 77.0 Å². The predicted molar refractivity (Wildman–Crippen MR) is 99.4 cm³/mol. The molecule has 25 heavy (non-hydrogen) atoms. The summed E-state index contributed by atoms with van der Waals surface area (Å²) in [6, 6.07) is 13.9. The number of carbonyl (C=O) groups is 1. The number of aromatic nitrogens is 1. The van der Waals surface area contributed by atoms with Crippen LogP contribution in [0, 0.1) is 13.8 Å². The van der Waals surface area contributed by atoms with Gasteiger partial charge in [0, 0.05) is 29.6 Å². The van der Waals surface area contributed by atoms with E-state index in [4.69, 9.17) is 4.42 Å². The summed E-state index contributed by atoms with van der Waals surface area (Å²) >= 11 is 0. The first kappa shape index (κ1) is 15.5. The van der Waals surface area contributed by atoms with Crippen molar-refractivity contribution in [2.75, 3.05) is 11.9 Å². The molecule has 1 amide bonds. The first-order valence-electron chi connectivity index (χ1n) is 8.34. The normalized spacial score (nSPS) is 15.2. The maximum absolute atomic E-state index is 12.7. The molecule has 1 aromatic carbocycles. The highest BCUT2D eigenvalue weighted by molar-refractivity contribution is 6.35. The van der Waals surface area contributed by atoms with Crippen LogP contribution in [0.4, 0.5) is 5.69 Å². The maximum Gasteiger partial charge on any atom is 0.258 e. The average Bonchev–Trinajstić information content (AvgIpc) is 3.28. The van der Waals surface area contributed by atoms with Crippen molar-refractivity contribution in [1.29, 1.82) is 0 Å². The van der Waals surface area contributed by atoms with Crippen LogP contribution in [0.25, 0.3) is 11.6 Å². The van der Waals surface area contributed by atoms with E-state index >= 15 is 0 Å². The largest absolute Gasteiger partial charge is 0.467 e. The number of hydrogen-bond donors (Lipinski definition) is 0. The molecule has 0 saturated heterocycles. The molecule has 1 aliphatic heterocycles. The molecule has 0 radical (unpaired) electrons. The van der Waals surface area contributed by atoms with Gasteiger partial charge in [-0.25, -0.2) is 0 Å². The molecule has 4 rings (SSSR count). The second-order valence-corrected chi connectivity index (χ2v) is 6.43. The Kier molecular flexibility index (Phi) is 3.61. The fraction of sp³-hybridized carbons (Fsp3) is 0.190. The number of rotatable bonds is 3. The van der Waals surface area contributed by atoms with Gasteiger partial charge in [0.05, 0.1) is 18.5 Å². The van der Waals surface area contributed by atoms with Crippen LogP contribution in [0.3, 0.4) is 0 Å². The first-order chi connectivity index (χ1) is 12.1. The molecule has 2 aromatic heterocycles. The lowest BCUT2D eigenvalue weighted by atomic mass is 10.0. The summed E-state index contributed by atoms with van der Waals surface area (Å²) in [5.41, 5.74) is 6.04. The van der Waals surface area contributed by atoms with Crippen molar-refractivity contribution in [2.45, 2.75) is 20.4 Å². The maximum atomic E-state index is 12.7. The van der Waals surface area contributed by atoms with Gasteiger partial charge in [-0.1, -0.05) is 18.2 Å². The molecule has 0 bridgehead atoms. The van der Waals surface area contributed by atoms with Crippen LogP contribution in [0.1, 0.15) is 28.3 Å². The van der Waals surface area contributed by atoms with Crippen LogP contribution in [0.5, 0.6) is 0 Å². The number of furan rings is 1. The Hall–Kier alpha value is -3.01. The zero-order valence-electron chi connectivity index (χ0n) is 14.6. The minimum absolute atomic E-state index is 0.0389. The highest BCUT2D eigenvalue weighted by atomic mass is 16.3. The Morgan fingerprint density at radius 2 is 1.92 bits per heavy atom. The third-order valence-corrected chi connectivity index (χ3v) is 4.90. The summed E-state index contributed by atoms with van der Waals surface area (Å²) in [5, 5.41) is 0. The van der Waals surface area contributed by atoms with Crippen LogP contribution >= 0.6 is 0 Å². The topological polar surface area (TPSA) is 38.4 Å². The highest BCUT2D eigenvalue weighted by Crippen LogP contribution is 2.37. The van der Waals surface area contributed by atoms with Crippen molar-refractivity contribution in [3.8, 4) is 0 Å². The van der Waals surface area contributed by atoms with Gasteiger partial charge in [-0.3, -0.25) is 4.79 Å². The number of likely N-dealkylation sites (N-methyl/N-ethyl adjacent to an activating group) is 1. The Balaban J connectivity index is 1.76. The van der Waals surface area contributed by atoms with E-state index in [0.29, 0.717) is 6.54 Å². The van der Waals surface area contributed by atoms with Gasteiger partial charge in [-0.15, -0.1) is 0 Å². The second-order valence-electron chi connectivity index (χ2n) is 6.43. The summed E-state index contributed by atoms with van der Waals surface area (Å²) in [5.74, 6) is 0.958. The second kappa shape index (κ2) is 5.81. The van der Waals surface area contributed by atoms with Gasteiger partial charge in [0.1, 0.15) is 5.76 Å². The van der Waals surface area contributed by atoms with E-state index in [1.165, 1.54) is 0 Å². The summed E-state index contributed by atoms with van der Waals surface area (Å²) < 4.78 is 7.68. The molecule has 0 N–H and O–H groups in total. The fourth-order valence-electron chi connectivity index (χ4n) is 3.47. The van der Waals surface area contributed by atoms with Crippen LogP contribution in [0.2, 0.25) is 0 Å². The third kappa shape index (κ3) is 2.50. The van der Waals surface area contributed by atoms with Crippen molar-refractivity contribution in [3.63, 3.8) is 0 Å². The van der Waals surface area contributed by atoms with Crippen LogP contribution in [-0.2, 0) is 11.3 Å². The zero-order valence-corrected chi connectivity index (χ0v) is 14.6. The molecule has 4 nitrogen and oxygen atoms in total. The van der Waals surface area contributed by atoms with Gasteiger partial charge >= 0.3 is 0 Å². The SMILES string of the molecule is Cc1cc(/C=C2\C(=O)N(C)c3ccccc32)c(C)n1Cc1ccco1. The third-order valence-electron chi connectivity index (χ3n) is 4.90. The number of anilines is 1. The van der Waals surface area contributed by atoms with Gasteiger partial charge in [0.15, 0.2) is 0 Å². The Morgan fingerprint density at radius 3 is 2.68 bits per heavy atom. The molecule has 4 heteroatoms. The zero-order chi connectivity index (χ0) is 17.6. The Morgan fingerprint density at radius 1 is 1.12 bits per heavy atom. The van der Waals surface area contributed by atoms with Gasteiger partial charge < -0.3 is 13.9 Å². The van der Waals surface area contributed by atoms with E-state index in [-0.39, 0.29) is 5.91 Å². The molecule has 126 valence electrons. The van der Waals surface area contributed by atoms with E-state index < -0.39 is 0 Å². The van der Waals surface area contributed by atoms with E-state index in [9.17, 15) is 4.79 Å². The number of fused-ring (bicyclic) bond motifs is 1. The summed E-state index contributed by atoms with van der Waals surface area (Å²) in [6.45, 7) is 4.85. The summed E-state index contributed by atoms with van der Waals surface area (Å²) in [4.78, 5) is 14.4. The predicted octanol–water partition coefficient (Wildman–Crippen LogP) is 4.26. The van der Waals surface area contributed by atoms with Crippen LogP contribution in [0.15, 0.2) is 53.1 Å². The fourth-order valence-corrected chi connectivity index (χ4v) is 3.47. The number of aryl methyl sites for hydroxylation is 1. The summed E-state index contributed by atoms with van der Waals surface area (Å²) in [6.07, 6.45) is 3.70. The first-order valence-corrected chi connectivity index (χ1v) is 8.34. The number of hydrogen-bond acceptors (Lipinski definition) is 2.